The molecule has 1 heteroatoms. The van der Waals surface area contributed by atoms with Crippen LogP contribution in [0.5, 0.6) is 0 Å². The van der Waals surface area contributed by atoms with Gasteiger partial charge in [-0.15, -0.1) is 6.42 Å². The molecule has 2 rings (SSSR count). The van der Waals surface area contributed by atoms with Crippen molar-refractivity contribution in [3.05, 3.63) is 60.7 Å². The fraction of sp³-hybridized carbons (Fsp3) is 0.0909. The van der Waals surface area contributed by atoms with E-state index in [2.05, 4.69) is 12.2 Å². The van der Waals surface area contributed by atoms with E-state index in [1.54, 1.807) is 0 Å². The summed E-state index contributed by atoms with van der Waals surface area (Å²) in [5.74, 6) is 0. The molecule has 0 fully saturated rings. The molecule has 1 aromatic rings. The van der Waals surface area contributed by atoms with Crippen molar-refractivity contribution in [2.24, 2.45) is 0 Å². The summed E-state index contributed by atoms with van der Waals surface area (Å²) in [7, 11) is 0. The molecular weight excluding hydrogens is 180 g/mol. The summed E-state index contributed by atoms with van der Waals surface area (Å²) in [6, 6.07) is 12.0. The summed E-state index contributed by atoms with van der Waals surface area (Å²) >= 11 is 0. The monoisotopic (exact) mass is 191 g/mol. The molecule has 60 valence electrons. The van der Waals surface area contributed by atoms with E-state index in [4.69, 9.17) is 0 Å². The Labute approximate surface area is 88.9 Å². The molecule has 1 aliphatic rings. The molecule has 0 saturated carbocycles. The predicted molar refractivity (Wildman–Crippen MR) is 48.0 cm³/mol. The third kappa shape index (κ3) is 6.15. The van der Waals surface area contributed by atoms with Gasteiger partial charge in [0.05, 0.1) is 0 Å². The second-order valence-electron chi connectivity index (χ2n) is 2.16. The van der Waals surface area contributed by atoms with Gasteiger partial charge in [0, 0.05) is 21.7 Å². The fourth-order valence-electron chi connectivity index (χ4n) is 0.725. The Hall–Kier alpha value is -0.586. The summed E-state index contributed by atoms with van der Waals surface area (Å²) in [5.41, 5.74) is 0. The molecule has 0 amide bonds. The second kappa shape index (κ2) is 8.51. The minimum atomic E-state index is 0. The predicted octanol–water partition coefficient (Wildman–Crippen LogP) is 2.99. The fourth-order valence-corrected chi connectivity index (χ4v) is 0.725. The van der Waals surface area contributed by atoms with Gasteiger partial charge in [0.25, 0.3) is 0 Å². The molecule has 0 atom stereocenters. The molecular formula is C11H11Ti-. The van der Waals surface area contributed by atoms with Crippen LogP contribution < -0.4 is 0 Å². The number of benzene rings is 1. The maximum Gasteiger partial charge on any atom is 0 e. The molecule has 1 aromatic carbocycles. The Morgan fingerprint density at radius 3 is 1.50 bits per heavy atom. The quantitative estimate of drug-likeness (QED) is 0.436. The van der Waals surface area contributed by atoms with Gasteiger partial charge in [-0.05, 0) is 0 Å². The van der Waals surface area contributed by atoms with Crippen LogP contribution in [0, 0.1) is 6.08 Å². The van der Waals surface area contributed by atoms with E-state index in [0.29, 0.717) is 0 Å². The van der Waals surface area contributed by atoms with E-state index in [9.17, 15) is 0 Å². The van der Waals surface area contributed by atoms with Crippen LogP contribution in [-0.4, -0.2) is 0 Å². The first-order valence-electron chi connectivity index (χ1n) is 3.72. The van der Waals surface area contributed by atoms with Crippen LogP contribution in [0.4, 0.5) is 0 Å². The van der Waals surface area contributed by atoms with Crippen LogP contribution in [0.2, 0.25) is 0 Å². The molecule has 0 unspecified atom stereocenters. The molecule has 0 N–H and O–H groups in total. The van der Waals surface area contributed by atoms with Gasteiger partial charge in [0.2, 0.25) is 0 Å². The van der Waals surface area contributed by atoms with Gasteiger partial charge >= 0.3 is 0 Å². The van der Waals surface area contributed by atoms with Crippen molar-refractivity contribution in [1.29, 1.82) is 0 Å². The molecule has 0 bridgehead atoms. The third-order valence-electron chi connectivity index (χ3n) is 1.25. The standard InChI is InChI=1S/C6H6.C5H5.Ti/c1-2-4-6-5-3-1;1-2-4-5-3-1;/h1-6H;1-3H,4H2;/q;-1;. The van der Waals surface area contributed by atoms with E-state index in [1.807, 2.05) is 48.6 Å². The van der Waals surface area contributed by atoms with Crippen molar-refractivity contribution in [3.63, 3.8) is 0 Å². The van der Waals surface area contributed by atoms with Gasteiger partial charge in [0.1, 0.15) is 0 Å². The van der Waals surface area contributed by atoms with Crippen LogP contribution in [0.25, 0.3) is 0 Å². The Morgan fingerprint density at radius 1 is 0.833 bits per heavy atom. The van der Waals surface area contributed by atoms with Crippen LogP contribution in [-0.2, 0) is 21.7 Å². The van der Waals surface area contributed by atoms with Crippen molar-refractivity contribution in [2.75, 3.05) is 0 Å². The van der Waals surface area contributed by atoms with Crippen molar-refractivity contribution in [1.82, 2.24) is 0 Å². The summed E-state index contributed by atoms with van der Waals surface area (Å²) in [4.78, 5) is 0. The Kier molecular flexibility index (Phi) is 8.09. The van der Waals surface area contributed by atoms with Crippen molar-refractivity contribution in [2.45, 2.75) is 6.42 Å². The Balaban J connectivity index is 0.000000189. The Bertz CT molecular complexity index is 187. The first-order chi connectivity index (χ1) is 5.50. The molecule has 0 nitrogen and oxygen atoms in total. The van der Waals surface area contributed by atoms with Crippen LogP contribution in [0.3, 0.4) is 0 Å². The maximum absolute atomic E-state index is 2.99. The normalized spacial score (nSPS) is 11.3. The zero-order chi connectivity index (χ0) is 7.78. The summed E-state index contributed by atoms with van der Waals surface area (Å²) in [6.07, 6.45) is 10.0. The second-order valence-corrected chi connectivity index (χ2v) is 2.16. The topological polar surface area (TPSA) is 0 Å². The minimum absolute atomic E-state index is 0. The van der Waals surface area contributed by atoms with Crippen LogP contribution in [0.15, 0.2) is 54.6 Å². The van der Waals surface area contributed by atoms with E-state index in [1.165, 1.54) is 0 Å². The van der Waals surface area contributed by atoms with Crippen molar-refractivity contribution >= 4 is 0 Å². The zero-order valence-corrected chi connectivity index (χ0v) is 8.46. The Morgan fingerprint density at radius 2 is 1.33 bits per heavy atom. The van der Waals surface area contributed by atoms with Crippen molar-refractivity contribution < 1.29 is 21.7 Å². The van der Waals surface area contributed by atoms with Gasteiger partial charge in [0.15, 0.2) is 0 Å². The van der Waals surface area contributed by atoms with E-state index in [0.717, 1.165) is 6.42 Å². The van der Waals surface area contributed by atoms with E-state index >= 15 is 0 Å². The third-order valence-corrected chi connectivity index (χ3v) is 1.25. The molecule has 12 heavy (non-hydrogen) atoms. The molecule has 0 aromatic heterocycles. The SMILES string of the molecule is [C-]1=CC=CC1.[Ti].c1ccccc1. The number of allylic oxidation sites excluding steroid dienone is 4. The number of hydrogen-bond acceptors (Lipinski definition) is 0. The summed E-state index contributed by atoms with van der Waals surface area (Å²) in [6.45, 7) is 0. The summed E-state index contributed by atoms with van der Waals surface area (Å²) < 4.78 is 0. The van der Waals surface area contributed by atoms with Gasteiger partial charge in [-0.3, -0.25) is 6.08 Å². The average molecular weight is 191 g/mol. The summed E-state index contributed by atoms with van der Waals surface area (Å²) in [5, 5.41) is 0. The van der Waals surface area contributed by atoms with E-state index < -0.39 is 0 Å². The van der Waals surface area contributed by atoms with Gasteiger partial charge in [-0.25, -0.2) is 12.2 Å². The maximum atomic E-state index is 2.99. The molecule has 0 heterocycles. The zero-order valence-electron chi connectivity index (χ0n) is 6.90. The number of rotatable bonds is 0. The first-order valence-corrected chi connectivity index (χ1v) is 3.72. The molecule has 0 radical (unpaired) electrons. The van der Waals surface area contributed by atoms with Crippen LogP contribution >= 0.6 is 0 Å². The smallest absolute Gasteiger partial charge is 0 e. The minimum Gasteiger partial charge on any atom is -0.273 e. The first kappa shape index (κ1) is 11.4. The van der Waals surface area contributed by atoms with E-state index in [-0.39, 0.29) is 21.7 Å². The molecule has 0 spiro atoms. The number of hydrogen-bond donors (Lipinski definition) is 0. The molecule has 0 saturated heterocycles. The average Bonchev–Trinajstić information content (AvgIpc) is 2.64. The molecule has 1 aliphatic carbocycles. The van der Waals surface area contributed by atoms with Gasteiger partial charge in [-0.2, -0.15) is 6.08 Å². The van der Waals surface area contributed by atoms with Crippen LogP contribution in [0.1, 0.15) is 6.42 Å². The molecule has 0 aliphatic heterocycles. The van der Waals surface area contributed by atoms with Crippen molar-refractivity contribution in [3.8, 4) is 0 Å². The van der Waals surface area contributed by atoms with Gasteiger partial charge < -0.3 is 0 Å². The largest absolute Gasteiger partial charge is 0.273 e. The van der Waals surface area contributed by atoms with Gasteiger partial charge in [-0.1, -0.05) is 36.4 Å².